The summed E-state index contributed by atoms with van der Waals surface area (Å²) in [5.41, 5.74) is 2.56. The highest BCUT2D eigenvalue weighted by Gasteiger charge is 2.00. The van der Waals surface area contributed by atoms with Crippen molar-refractivity contribution in [3.8, 4) is 0 Å². The molecule has 2 rings (SSSR count). The van der Waals surface area contributed by atoms with Crippen molar-refractivity contribution in [2.24, 2.45) is 0 Å². The quantitative estimate of drug-likeness (QED) is 0.776. The van der Waals surface area contributed by atoms with Gasteiger partial charge in [-0.2, -0.15) is 12.6 Å². The fourth-order valence-corrected chi connectivity index (χ4v) is 2.25. The van der Waals surface area contributed by atoms with Crippen LogP contribution in [0.25, 0.3) is 10.8 Å². The summed E-state index contributed by atoms with van der Waals surface area (Å²) in [4.78, 5) is 0. The summed E-state index contributed by atoms with van der Waals surface area (Å²) in [7, 11) is 0. The van der Waals surface area contributed by atoms with Crippen LogP contribution >= 0.6 is 12.6 Å². The summed E-state index contributed by atoms with van der Waals surface area (Å²) in [6, 6.07) is 12.8. The summed E-state index contributed by atoms with van der Waals surface area (Å²) in [6.07, 6.45) is 1.77. The third-order valence-electron chi connectivity index (χ3n) is 2.83. The number of aryl methyl sites for hydroxylation is 1. The van der Waals surface area contributed by atoms with Gasteiger partial charge in [0.05, 0.1) is 0 Å². The molecule has 16 heavy (non-hydrogen) atoms. The van der Waals surface area contributed by atoms with E-state index in [2.05, 4.69) is 49.0 Å². The molecule has 1 nitrogen and oxygen atoms in total. The summed E-state index contributed by atoms with van der Waals surface area (Å²) >= 11 is 4.34. The number of aliphatic hydroxyl groups is 1. The smallest absolute Gasteiger partial charge is 0.0434 e. The van der Waals surface area contributed by atoms with Crippen LogP contribution in [0.2, 0.25) is 0 Å². The molecule has 0 atom stereocenters. The average Bonchev–Trinajstić information content (AvgIpc) is 2.35. The summed E-state index contributed by atoms with van der Waals surface area (Å²) in [5.74, 6) is 0.771. The molecular formula is C14H16OS. The second-order valence-corrected chi connectivity index (χ2v) is 4.27. The minimum atomic E-state index is 0.259. The van der Waals surface area contributed by atoms with Gasteiger partial charge in [-0.1, -0.05) is 36.4 Å². The Morgan fingerprint density at radius 2 is 2.00 bits per heavy atom. The molecule has 1 N–H and O–H groups in total. The average molecular weight is 232 g/mol. The predicted octanol–water partition coefficient (Wildman–Crippen LogP) is 3.19. The first kappa shape index (κ1) is 11.5. The van der Waals surface area contributed by atoms with Crippen LogP contribution < -0.4 is 0 Å². The fourth-order valence-electron chi connectivity index (χ4n) is 1.98. The van der Waals surface area contributed by atoms with E-state index >= 15 is 0 Å². The number of hydrogen-bond donors (Lipinski definition) is 2. The summed E-state index contributed by atoms with van der Waals surface area (Å²) in [6.45, 7) is 0.259. The van der Waals surface area contributed by atoms with Crippen LogP contribution in [0, 0.1) is 0 Å². The van der Waals surface area contributed by atoms with Crippen LogP contribution in [-0.4, -0.2) is 11.7 Å². The maximum absolute atomic E-state index is 8.81. The molecule has 0 amide bonds. The highest BCUT2D eigenvalue weighted by molar-refractivity contribution is 7.79. The lowest BCUT2D eigenvalue weighted by Crippen LogP contribution is -1.90. The lowest BCUT2D eigenvalue weighted by atomic mass is 10.0. The van der Waals surface area contributed by atoms with Gasteiger partial charge in [-0.3, -0.25) is 0 Å². The molecule has 0 heterocycles. The van der Waals surface area contributed by atoms with E-state index in [-0.39, 0.29) is 6.61 Å². The van der Waals surface area contributed by atoms with Gasteiger partial charge in [0.2, 0.25) is 0 Å². The van der Waals surface area contributed by atoms with Gasteiger partial charge in [0.15, 0.2) is 0 Å². The Labute approximate surface area is 102 Å². The zero-order valence-corrected chi connectivity index (χ0v) is 10.1. The third kappa shape index (κ3) is 2.39. The van der Waals surface area contributed by atoms with Gasteiger partial charge in [-0.15, -0.1) is 0 Å². The Bertz CT molecular complexity index is 479. The van der Waals surface area contributed by atoms with Crippen LogP contribution in [0.3, 0.4) is 0 Å². The van der Waals surface area contributed by atoms with Gasteiger partial charge in [0.25, 0.3) is 0 Å². The van der Waals surface area contributed by atoms with Crippen molar-refractivity contribution in [1.82, 2.24) is 0 Å². The molecule has 0 aliphatic carbocycles. The van der Waals surface area contributed by atoms with E-state index in [0.717, 1.165) is 18.6 Å². The Kier molecular flexibility index (Phi) is 3.86. The first-order valence-electron chi connectivity index (χ1n) is 5.57. The van der Waals surface area contributed by atoms with Crippen LogP contribution in [0.1, 0.15) is 17.5 Å². The number of aliphatic hydroxyl groups excluding tert-OH is 1. The van der Waals surface area contributed by atoms with Crippen LogP contribution in [0.5, 0.6) is 0 Å². The minimum absolute atomic E-state index is 0.259. The molecule has 0 bridgehead atoms. The third-order valence-corrected chi connectivity index (χ3v) is 3.17. The van der Waals surface area contributed by atoms with E-state index in [0.29, 0.717) is 0 Å². The van der Waals surface area contributed by atoms with Crippen molar-refractivity contribution in [3.05, 3.63) is 47.5 Å². The van der Waals surface area contributed by atoms with Crippen LogP contribution in [0.4, 0.5) is 0 Å². The molecular weight excluding hydrogens is 216 g/mol. The highest BCUT2D eigenvalue weighted by Crippen LogP contribution is 2.22. The lowest BCUT2D eigenvalue weighted by Gasteiger charge is -2.06. The first-order chi connectivity index (χ1) is 7.85. The topological polar surface area (TPSA) is 20.2 Å². The molecule has 0 aromatic heterocycles. The van der Waals surface area contributed by atoms with Crippen molar-refractivity contribution < 1.29 is 5.11 Å². The molecule has 0 aliphatic heterocycles. The van der Waals surface area contributed by atoms with Gasteiger partial charge in [0, 0.05) is 12.4 Å². The lowest BCUT2D eigenvalue weighted by molar-refractivity contribution is 0.288. The van der Waals surface area contributed by atoms with Gasteiger partial charge in [-0.25, -0.2) is 0 Å². The van der Waals surface area contributed by atoms with Gasteiger partial charge in [-0.05, 0) is 34.7 Å². The van der Waals surface area contributed by atoms with Crippen molar-refractivity contribution in [3.63, 3.8) is 0 Å². The monoisotopic (exact) mass is 232 g/mol. The van der Waals surface area contributed by atoms with Crippen molar-refractivity contribution >= 4 is 23.4 Å². The van der Waals surface area contributed by atoms with Crippen LogP contribution in [-0.2, 0) is 12.2 Å². The molecule has 0 unspecified atom stereocenters. The maximum Gasteiger partial charge on any atom is 0.0434 e. The maximum atomic E-state index is 8.81. The van der Waals surface area contributed by atoms with Gasteiger partial charge < -0.3 is 5.11 Å². The van der Waals surface area contributed by atoms with E-state index in [1.165, 1.54) is 21.9 Å². The SMILES string of the molecule is OCCCc1ccc2c(CS)cccc2c1. The first-order valence-corrected chi connectivity index (χ1v) is 6.20. The number of hydrogen-bond acceptors (Lipinski definition) is 2. The Balaban J connectivity index is 2.39. The van der Waals surface area contributed by atoms with E-state index in [1.807, 2.05) is 0 Å². The highest BCUT2D eigenvalue weighted by atomic mass is 32.1. The molecule has 0 aliphatic rings. The second kappa shape index (κ2) is 5.37. The van der Waals surface area contributed by atoms with E-state index in [9.17, 15) is 0 Å². The molecule has 0 spiro atoms. The normalized spacial score (nSPS) is 10.9. The van der Waals surface area contributed by atoms with Crippen LogP contribution in [0.15, 0.2) is 36.4 Å². The molecule has 0 fully saturated rings. The number of benzene rings is 2. The van der Waals surface area contributed by atoms with Crippen molar-refractivity contribution in [1.29, 1.82) is 0 Å². The molecule has 2 heteroatoms. The minimum Gasteiger partial charge on any atom is -0.396 e. The number of fused-ring (bicyclic) bond motifs is 1. The zero-order chi connectivity index (χ0) is 11.4. The molecule has 0 radical (unpaired) electrons. The van der Waals surface area contributed by atoms with Gasteiger partial charge in [0.1, 0.15) is 0 Å². The standard InChI is InChI=1S/C14H16OS/c15-8-2-3-11-6-7-14-12(9-11)4-1-5-13(14)10-16/h1,4-7,9,15-16H,2-3,8,10H2. The number of rotatable bonds is 4. The largest absolute Gasteiger partial charge is 0.396 e. The van der Waals surface area contributed by atoms with Gasteiger partial charge >= 0.3 is 0 Å². The summed E-state index contributed by atoms with van der Waals surface area (Å²) in [5, 5.41) is 11.4. The molecule has 0 saturated heterocycles. The number of thiol groups is 1. The molecule has 0 saturated carbocycles. The Hall–Kier alpha value is -0.990. The van der Waals surface area contributed by atoms with E-state index in [1.54, 1.807) is 0 Å². The Morgan fingerprint density at radius 3 is 2.75 bits per heavy atom. The van der Waals surface area contributed by atoms with E-state index in [4.69, 9.17) is 5.11 Å². The van der Waals surface area contributed by atoms with Crippen molar-refractivity contribution in [2.45, 2.75) is 18.6 Å². The Morgan fingerprint density at radius 1 is 1.12 bits per heavy atom. The predicted molar refractivity (Wildman–Crippen MR) is 72.0 cm³/mol. The molecule has 84 valence electrons. The molecule has 2 aromatic carbocycles. The van der Waals surface area contributed by atoms with Crippen molar-refractivity contribution in [2.75, 3.05) is 6.61 Å². The fraction of sp³-hybridized carbons (Fsp3) is 0.286. The summed E-state index contributed by atoms with van der Waals surface area (Å²) < 4.78 is 0. The van der Waals surface area contributed by atoms with E-state index < -0.39 is 0 Å². The zero-order valence-electron chi connectivity index (χ0n) is 9.19. The second-order valence-electron chi connectivity index (χ2n) is 3.96. The molecule has 2 aromatic rings.